The van der Waals surface area contributed by atoms with E-state index < -0.39 is 0 Å². The van der Waals surface area contributed by atoms with Crippen LogP contribution in [0.3, 0.4) is 0 Å². The second-order valence-electron chi connectivity index (χ2n) is 5.30. The molecule has 1 fully saturated rings. The molecule has 1 aliphatic rings. The van der Waals surface area contributed by atoms with E-state index in [9.17, 15) is 4.79 Å². The molecule has 0 unspecified atom stereocenters. The first kappa shape index (κ1) is 14.2. The van der Waals surface area contributed by atoms with Gasteiger partial charge in [0.15, 0.2) is 0 Å². The van der Waals surface area contributed by atoms with E-state index in [1.807, 2.05) is 11.9 Å². The van der Waals surface area contributed by atoms with Crippen LogP contribution in [-0.4, -0.2) is 23.9 Å². The summed E-state index contributed by atoms with van der Waals surface area (Å²) in [5.74, 6) is -0.0239. The van der Waals surface area contributed by atoms with Crippen LogP contribution in [0.25, 0.3) is 0 Å². The highest BCUT2D eigenvalue weighted by atomic mass is 35.5. The first-order chi connectivity index (χ1) is 9.09. The topological polar surface area (TPSA) is 46.3 Å². The average Bonchev–Trinajstić information content (AvgIpc) is 2.69. The van der Waals surface area contributed by atoms with Crippen LogP contribution in [0.5, 0.6) is 0 Å². The van der Waals surface area contributed by atoms with Crippen molar-refractivity contribution in [1.82, 2.24) is 4.90 Å². The third kappa shape index (κ3) is 3.41. The number of hydrogen-bond acceptors (Lipinski definition) is 2. The maximum Gasteiger partial charge on any atom is 0.255 e. The van der Waals surface area contributed by atoms with Gasteiger partial charge in [-0.1, -0.05) is 37.3 Å². The molecule has 0 heterocycles. The van der Waals surface area contributed by atoms with Gasteiger partial charge in [-0.25, -0.2) is 0 Å². The van der Waals surface area contributed by atoms with E-state index in [-0.39, 0.29) is 5.91 Å². The number of nitrogen functional groups attached to an aromatic ring is 1. The molecule has 0 radical (unpaired) electrons. The van der Waals surface area contributed by atoms with Crippen LogP contribution >= 0.6 is 11.6 Å². The van der Waals surface area contributed by atoms with Gasteiger partial charge in [0.05, 0.1) is 10.6 Å². The predicted molar refractivity (Wildman–Crippen MR) is 79.4 cm³/mol. The van der Waals surface area contributed by atoms with Crippen molar-refractivity contribution in [2.45, 2.75) is 44.6 Å². The molecular formula is C15H21ClN2O. The number of hydrogen-bond donors (Lipinski definition) is 1. The molecule has 2 N–H and O–H groups in total. The molecule has 0 aromatic heterocycles. The Hall–Kier alpha value is -1.22. The quantitative estimate of drug-likeness (QED) is 0.663. The number of anilines is 1. The zero-order chi connectivity index (χ0) is 13.8. The molecule has 2 rings (SSSR count). The average molecular weight is 281 g/mol. The SMILES string of the molecule is CN(C(=O)c1cc(N)ccc1Cl)C1CCCCCC1. The van der Waals surface area contributed by atoms with Gasteiger partial charge < -0.3 is 10.6 Å². The molecule has 1 saturated carbocycles. The zero-order valence-corrected chi connectivity index (χ0v) is 12.1. The molecule has 0 bridgehead atoms. The van der Waals surface area contributed by atoms with E-state index in [2.05, 4.69) is 0 Å². The predicted octanol–water partition coefficient (Wildman–Crippen LogP) is 3.72. The largest absolute Gasteiger partial charge is 0.399 e. The van der Waals surface area contributed by atoms with Crippen molar-refractivity contribution in [2.75, 3.05) is 12.8 Å². The summed E-state index contributed by atoms with van der Waals surface area (Å²) >= 11 is 6.10. The molecular weight excluding hydrogens is 260 g/mol. The van der Waals surface area contributed by atoms with E-state index >= 15 is 0 Å². The molecule has 0 atom stereocenters. The minimum absolute atomic E-state index is 0.0239. The Morgan fingerprint density at radius 1 is 1.26 bits per heavy atom. The fourth-order valence-electron chi connectivity index (χ4n) is 2.71. The van der Waals surface area contributed by atoms with Gasteiger partial charge in [0.1, 0.15) is 0 Å². The summed E-state index contributed by atoms with van der Waals surface area (Å²) in [6, 6.07) is 5.39. The highest BCUT2D eigenvalue weighted by Crippen LogP contribution is 2.25. The third-order valence-electron chi connectivity index (χ3n) is 3.91. The van der Waals surface area contributed by atoms with Crippen LogP contribution in [-0.2, 0) is 0 Å². The summed E-state index contributed by atoms with van der Waals surface area (Å²) in [7, 11) is 1.87. The first-order valence-corrected chi connectivity index (χ1v) is 7.29. The lowest BCUT2D eigenvalue weighted by atomic mass is 10.1. The molecule has 19 heavy (non-hydrogen) atoms. The van der Waals surface area contributed by atoms with Crippen molar-refractivity contribution >= 4 is 23.2 Å². The van der Waals surface area contributed by atoms with Crippen LogP contribution in [0.15, 0.2) is 18.2 Å². The van der Waals surface area contributed by atoms with Crippen molar-refractivity contribution in [3.05, 3.63) is 28.8 Å². The normalized spacial score (nSPS) is 16.9. The van der Waals surface area contributed by atoms with E-state index in [4.69, 9.17) is 17.3 Å². The molecule has 3 nitrogen and oxygen atoms in total. The Balaban J connectivity index is 2.15. The Bertz CT molecular complexity index is 453. The van der Waals surface area contributed by atoms with Crippen LogP contribution in [0, 0.1) is 0 Å². The Kier molecular flexibility index (Phi) is 4.70. The number of amides is 1. The second-order valence-corrected chi connectivity index (χ2v) is 5.71. The summed E-state index contributed by atoms with van der Waals surface area (Å²) in [5, 5.41) is 0.472. The smallest absolute Gasteiger partial charge is 0.255 e. The van der Waals surface area contributed by atoms with E-state index in [1.54, 1.807) is 18.2 Å². The van der Waals surface area contributed by atoms with Crippen molar-refractivity contribution in [3.8, 4) is 0 Å². The van der Waals surface area contributed by atoms with Crippen molar-refractivity contribution in [1.29, 1.82) is 0 Å². The fraction of sp³-hybridized carbons (Fsp3) is 0.533. The number of carbonyl (C=O) groups excluding carboxylic acids is 1. The van der Waals surface area contributed by atoms with Crippen LogP contribution in [0.1, 0.15) is 48.9 Å². The van der Waals surface area contributed by atoms with Gasteiger partial charge in [-0.2, -0.15) is 0 Å². The number of nitrogens with zero attached hydrogens (tertiary/aromatic N) is 1. The van der Waals surface area contributed by atoms with E-state index in [1.165, 1.54) is 25.7 Å². The third-order valence-corrected chi connectivity index (χ3v) is 4.24. The number of benzene rings is 1. The Labute approximate surface area is 119 Å². The lowest BCUT2D eigenvalue weighted by Crippen LogP contribution is -2.36. The fourth-order valence-corrected chi connectivity index (χ4v) is 2.91. The summed E-state index contributed by atoms with van der Waals surface area (Å²) < 4.78 is 0. The van der Waals surface area contributed by atoms with Crippen LogP contribution in [0.2, 0.25) is 5.02 Å². The monoisotopic (exact) mass is 280 g/mol. The Morgan fingerprint density at radius 3 is 2.53 bits per heavy atom. The van der Waals surface area contributed by atoms with Gasteiger partial charge >= 0.3 is 0 Å². The number of rotatable bonds is 2. The molecule has 1 aromatic carbocycles. The van der Waals surface area contributed by atoms with Gasteiger partial charge in [-0.3, -0.25) is 4.79 Å². The first-order valence-electron chi connectivity index (χ1n) is 6.92. The Morgan fingerprint density at radius 2 is 1.89 bits per heavy atom. The maximum absolute atomic E-state index is 12.5. The van der Waals surface area contributed by atoms with Gasteiger partial charge in [-0.05, 0) is 31.0 Å². The standard InChI is InChI=1S/C15H21ClN2O/c1-18(12-6-4-2-3-5-7-12)15(19)13-10-11(17)8-9-14(13)16/h8-10,12H,2-7,17H2,1H3. The van der Waals surface area contributed by atoms with Gasteiger partial charge in [0.25, 0.3) is 5.91 Å². The zero-order valence-electron chi connectivity index (χ0n) is 11.4. The maximum atomic E-state index is 12.5. The van der Waals surface area contributed by atoms with E-state index in [0.29, 0.717) is 22.3 Å². The second kappa shape index (κ2) is 6.29. The molecule has 0 aliphatic heterocycles. The molecule has 1 aromatic rings. The van der Waals surface area contributed by atoms with Crippen molar-refractivity contribution in [3.63, 3.8) is 0 Å². The minimum Gasteiger partial charge on any atom is -0.399 e. The highest BCUT2D eigenvalue weighted by Gasteiger charge is 2.23. The van der Waals surface area contributed by atoms with Gasteiger partial charge in [0.2, 0.25) is 0 Å². The lowest BCUT2D eigenvalue weighted by molar-refractivity contribution is 0.0718. The summed E-state index contributed by atoms with van der Waals surface area (Å²) in [4.78, 5) is 14.4. The minimum atomic E-state index is -0.0239. The molecule has 1 aliphatic carbocycles. The van der Waals surface area contributed by atoms with Crippen LogP contribution < -0.4 is 5.73 Å². The summed E-state index contributed by atoms with van der Waals surface area (Å²) in [5.41, 5.74) is 6.82. The summed E-state index contributed by atoms with van der Waals surface area (Å²) in [6.07, 6.45) is 7.12. The lowest BCUT2D eigenvalue weighted by Gasteiger charge is -2.27. The summed E-state index contributed by atoms with van der Waals surface area (Å²) in [6.45, 7) is 0. The van der Waals surface area contributed by atoms with Crippen molar-refractivity contribution < 1.29 is 4.79 Å². The molecule has 0 spiro atoms. The van der Waals surface area contributed by atoms with Crippen LogP contribution in [0.4, 0.5) is 5.69 Å². The van der Waals surface area contributed by atoms with Gasteiger partial charge in [-0.15, -0.1) is 0 Å². The molecule has 1 amide bonds. The number of halogens is 1. The molecule has 104 valence electrons. The molecule has 4 heteroatoms. The van der Waals surface area contributed by atoms with E-state index in [0.717, 1.165) is 12.8 Å². The molecule has 0 saturated heterocycles. The number of nitrogens with two attached hydrogens (primary N) is 1. The van der Waals surface area contributed by atoms with Gasteiger partial charge in [0, 0.05) is 18.8 Å². The van der Waals surface area contributed by atoms with Crippen molar-refractivity contribution in [2.24, 2.45) is 0 Å². The number of carbonyl (C=O) groups is 1. The highest BCUT2D eigenvalue weighted by molar-refractivity contribution is 6.34.